The van der Waals surface area contributed by atoms with Crippen molar-refractivity contribution in [3.63, 3.8) is 0 Å². The van der Waals surface area contributed by atoms with Crippen molar-refractivity contribution in [2.24, 2.45) is 0 Å². The van der Waals surface area contributed by atoms with Crippen molar-refractivity contribution < 1.29 is 23.6 Å². The van der Waals surface area contributed by atoms with Crippen LogP contribution in [0.15, 0.2) is 89.3 Å². The van der Waals surface area contributed by atoms with Crippen molar-refractivity contribution >= 4 is 40.3 Å². The molecule has 0 bridgehead atoms. The van der Waals surface area contributed by atoms with E-state index in [-0.39, 0.29) is 5.91 Å². The average Bonchev–Trinajstić information content (AvgIpc) is 3.41. The largest absolute Gasteiger partial charge is 0.458 e. The number of anilines is 1. The Kier molecular flexibility index (Phi) is 5.41. The lowest BCUT2D eigenvalue weighted by molar-refractivity contribution is -0.131. The monoisotopic (exact) mass is 467 g/mol. The highest BCUT2D eigenvalue weighted by Gasteiger charge is 2.51. The summed E-state index contributed by atoms with van der Waals surface area (Å²) >= 11 is 0. The summed E-state index contributed by atoms with van der Waals surface area (Å²) in [5, 5.41) is 6.22. The zero-order valence-electron chi connectivity index (χ0n) is 18.8. The van der Waals surface area contributed by atoms with Gasteiger partial charge in [-0.1, -0.05) is 36.4 Å². The van der Waals surface area contributed by atoms with Crippen LogP contribution in [0.25, 0.3) is 11.0 Å². The van der Waals surface area contributed by atoms with Gasteiger partial charge >= 0.3 is 6.03 Å². The summed E-state index contributed by atoms with van der Waals surface area (Å²) in [6.07, 6.45) is 0. The quantitative estimate of drug-likeness (QED) is 0.324. The number of nitrogens with zero attached hydrogens (tertiary/aromatic N) is 1. The first kappa shape index (κ1) is 22.1. The molecule has 1 saturated heterocycles. The van der Waals surface area contributed by atoms with Gasteiger partial charge in [0.15, 0.2) is 11.3 Å². The number of amides is 4. The Bertz CT molecular complexity index is 1430. The fraction of sp³-hybridized carbons (Fsp3) is 0.111. The topological polar surface area (TPSA) is 109 Å². The van der Waals surface area contributed by atoms with E-state index < -0.39 is 29.8 Å². The predicted octanol–water partition coefficient (Wildman–Crippen LogP) is 4.34. The number of rotatable bonds is 6. The second-order valence-electron chi connectivity index (χ2n) is 8.42. The van der Waals surface area contributed by atoms with E-state index in [1.54, 1.807) is 67.6 Å². The number of para-hydroxylation sites is 1. The second-order valence-corrected chi connectivity index (χ2v) is 8.42. The Morgan fingerprint density at radius 3 is 2.31 bits per heavy atom. The Labute approximate surface area is 200 Å². The summed E-state index contributed by atoms with van der Waals surface area (Å²) < 4.78 is 5.81. The molecule has 2 N–H and O–H groups in total. The van der Waals surface area contributed by atoms with Gasteiger partial charge in [0.1, 0.15) is 11.3 Å². The van der Waals surface area contributed by atoms with Crippen LogP contribution in [0.5, 0.6) is 0 Å². The molecule has 174 valence electrons. The van der Waals surface area contributed by atoms with Crippen molar-refractivity contribution in [3.8, 4) is 0 Å². The van der Waals surface area contributed by atoms with Gasteiger partial charge in [0.05, 0.1) is 6.54 Å². The summed E-state index contributed by atoms with van der Waals surface area (Å²) in [5.74, 6) is -0.954. The molecule has 1 fully saturated rings. The summed E-state index contributed by atoms with van der Waals surface area (Å²) in [7, 11) is 0. The molecule has 0 aliphatic carbocycles. The van der Waals surface area contributed by atoms with Crippen molar-refractivity contribution in [3.05, 3.63) is 102 Å². The van der Waals surface area contributed by atoms with Gasteiger partial charge in [0.25, 0.3) is 11.8 Å². The molecule has 8 nitrogen and oxygen atoms in total. The van der Waals surface area contributed by atoms with E-state index in [2.05, 4.69) is 10.6 Å². The van der Waals surface area contributed by atoms with Crippen LogP contribution < -0.4 is 10.6 Å². The summed E-state index contributed by atoms with van der Waals surface area (Å²) in [6, 6.07) is 23.4. The summed E-state index contributed by atoms with van der Waals surface area (Å²) in [6.45, 7) is 1.13. The third-order valence-corrected chi connectivity index (χ3v) is 6.00. The summed E-state index contributed by atoms with van der Waals surface area (Å²) in [5.41, 5.74) is 0.518. The Morgan fingerprint density at radius 1 is 0.914 bits per heavy atom. The standard InChI is InChI=1S/C27H21N3O5/c1-27(23-15-19-9-5-6-10-22(19)35-23)25(33)30(26(34)29-27)16-21(31)17-11-13-20(14-12-17)28-24(32)18-7-3-2-4-8-18/h2-15H,16H2,1H3,(H,28,32)(H,29,34)/t27-/m1/s1. The van der Waals surface area contributed by atoms with Crippen molar-refractivity contribution in [1.82, 2.24) is 10.2 Å². The third kappa shape index (κ3) is 4.06. The number of hydrogen-bond donors (Lipinski definition) is 2. The number of urea groups is 1. The van der Waals surface area contributed by atoms with E-state index in [0.29, 0.717) is 28.2 Å². The molecule has 0 spiro atoms. The number of carbonyl (C=O) groups is 4. The smallest absolute Gasteiger partial charge is 0.325 e. The molecule has 8 heteroatoms. The molecular weight excluding hydrogens is 446 g/mol. The van der Waals surface area contributed by atoms with E-state index in [4.69, 9.17) is 4.42 Å². The molecule has 1 aliphatic rings. The zero-order chi connectivity index (χ0) is 24.6. The minimum atomic E-state index is -1.41. The minimum Gasteiger partial charge on any atom is -0.458 e. The first-order valence-corrected chi connectivity index (χ1v) is 11.0. The van der Waals surface area contributed by atoms with Gasteiger partial charge in [-0.2, -0.15) is 0 Å². The molecule has 5 rings (SSSR count). The van der Waals surface area contributed by atoms with E-state index in [0.717, 1.165) is 10.3 Å². The van der Waals surface area contributed by atoms with E-state index >= 15 is 0 Å². The number of carbonyl (C=O) groups excluding carboxylic acids is 4. The number of imide groups is 1. The molecule has 2 heterocycles. The van der Waals surface area contributed by atoms with Gasteiger partial charge < -0.3 is 15.1 Å². The van der Waals surface area contributed by atoms with Crippen LogP contribution in [0.1, 0.15) is 33.4 Å². The van der Waals surface area contributed by atoms with Crippen molar-refractivity contribution in [2.75, 3.05) is 11.9 Å². The molecule has 1 aromatic heterocycles. The number of fused-ring (bicyclic) bond motifs is 1. The molecule has 1 atom stereocenters. The maximum absolute atomic E-state index is 13.2. The van der Waals surface area contributed by atoms with Gasteiger partial charge in [-0.05, 0) is 55.5 Å². The molecule has 4 amide bonds. The first-order valence-electron chi connectivity index (χ1n) is 11.0. The van der Waals surface area contributed by atoms with Crippen LogP contribution in [0.3, 0.4) is 0 Å². The Morgan fingerprint density at radius 2 is 1.60 bits per heavy atom. The molecule has 3 aromatic carbocycles. The van der Waals surface area contributed by atoms with Crippen LogP contribution in [0.2, 0.25) is 0 Å². The lowest BCUT2D eigenvalue weighted by atomic mass is 9.98. The lowest BCUT2D eigenvalue weighted by Crippen LogP contribution is -2.41. The molecule has 35 heavy (non-hydrogen) atoms. The van der Waals surface area contributed by atoms with Gasteiger partial charge in [-0.3, -0.25) is 19.3 Å². The zero-order valence-corrected chi connectivity index (χ0v) is 18.8. The fourth-order valence-electron chi connectivity index (χ4n) is 4.00. The minimum absolute atomic E-state index is 0.270. The molecule has 4 aromatic rings. The fourth-order valence-corrected chi connectivity index (χ4v) is 4.00. The van der Waals surface area contributed by atoms with Crippen molar-refractivity contribution in [2.45, 2.75) is 12.5 Å². The normalized spacial score (nSPS) is 17.5. The van der Waals surface area contributed by atoms with Crippen LogP contribution in [-0.4, -0.2) is 35.1 Å². The first-order chi connectivity index (χ1) is 16.8. The highest BCUT2D eigenvalue weighted by atomic mass is 16.3. The molecule has 0 radical (unpaired) electrons. The molecular formula is C27H21N3O5. The predicted molar refractivity (Wildman–Crippen MR) is 129 cm³/mol. The third-order valence-electron chi connectivity index (χ3n) is 6.00. The molecule has 0 unspecified atom stereocenters. The van der Waals surface area contributed by atoms with E-state index in [1.165, 1.54) is 0 Å². The van der Waals surface area contributed by atoms with Gasteiger partial charge in [0, 0.05) is 22.2 Å². The average molecular weight is 467 g/mol. The van der Waals surface area contributed by atoms with Crippen molar-refractivity contribution in [1.29, 1.82) is 0 Å². The molecule has 0 saturated carbocycles. The maximum atomic E-state index is 13.2. The molecule has 1 aliphatic heterocycles. The summed E-state index contributed by atoms with van der Waals surface area (Å²) in [4.78, 5) is 51.8. The number of Topliss-reactive ketones (excluding diaryl/α,β-unsaturated/α-hetero) is 1. The van der Waals surface area contributed by atoms with E-state index in [1.807, 2.05) is 24.3 Å². The van der Waals surface area contributed by atoms with Gasteiger partial charge in [-0.15, -0.1) is 0 Å². The highest BCUT2D eigenvalue weighted by Crippen LogP contribution is 2.33. The van der Waals surface area contributed by atoms with Crippen LogP contribution in [-0.2, 0) is 10.3 Å². The van der Waals surface area contributed by atoms with Gasteiger partial charge in [-0.25, -0.2) is 4.79 Å². The number of nitrogens with one attached hydrogen (secondary N) is 2. The van der Waals surface area contributed by atoms with Crippen LogP contribution >= 0.6 is 0 Å². The lowest BCUT2D eigenvalue weighted by Gasteiger charge is -2.18. The maximum Gasteiger partial charge on any atom is 0.325 e. The van der Waals surface area contributed by atoms with E-state index in [9.17, 15) is 19.2 Å². The van der Waals surface area contributed by atoms with Gasteiger partial charge in [0.2, 0.25) is 0 Å². The number of hydrogen-bond acceptors (Lipinski definition) is 5. The second kappa shape index (κ2) is 8.57. The number of furan rings is 1. The highest BCUT2D eigenvalue weighted by molar-refractivity contribution is 6.11. The van der Waals surface area contributed by atoms with Crippen LogP contribution in [0, 0.1) is 0 Å². The Hall–Kier alpha value is -4.72. The Balaban J connectivity index is 1.28. The number of benzene rings is 3. The number of ketones is 1. The SMILES string of the molecule is C[C@]1(c2cc3ccccc3o2)NC(=O)N(CC(=O)c2ccc(NC(=O)c3ccccc3)cc2)C1=O. The van der Waals surface area contributed by atoms with Crippen LogP contribution in [0.4, 0.5) is 10.5 Å².